The van der Waals surface area contributed by atoms with E-state index in [2.05, 4.69) is 20.7 Å². The topological polar surface area (TPSA) is 81.1 Å². The Hall–Kier alpha value is -3.56. The van der Waals surface area contributed by atoms with Crippen LogP contribution in [0.2, 0.25) is 0 Å². The molecule has 0 saturated heterocycles. The molecule has 2 aromatic heterocycles. The molecule has 0 radical (unpaired) electrons. The molecule has 3 aromatic rings. The zero-order valence-electron chi connectivity index (χ0n) is 16.6. The fourth-order valence-electron chi connectivity index (χ4n) is 3.55. The SMILES string of the molecule is COc1ccc([C@H]2C[C@H](C(F)(F)F)n3ncc(C(=O)NCc4ccccn4)c3N2)cc1. The zero-order valence-corrected chi connectivity index (χ0v) is 16.6. The minimum absolute atomic E-state index is 0.0351. The highest BCUT2D eigenvalue weighted by atomic mass is 19.4. The number of hydrogen-bond acceptors (Lipinski definition) is 5. The minimum Gasteiger partial charge on any atom is -0.497 e. The molecule has 1 aliphatic heterocycles. The van der Waals surface area contributed by atoms with Crippen LogP contribution >= 0.6 is 0 Å². The van der Waals surface area contributed by atoms with Gasteiger partial charge in [0.2, 0.25) is 0 Å². The number of nitrogens with one attached hydrogen (secondary N) is 2. The molecule has 2 N–H and O–H groups in total. The number of methoxy groups -OCH3 is 1. The molecule has 2 atom stereocenters. The number of nitrogens with zero attached hydrogens (tertiary/aromatic N) is 3. The summed E-state index contributed by atoms with van der Waals surface area (Å²) >= 11 is 0. The van der Waals surface area contributed by atoms with Crippen LogP contribution in [0.25, 0.3) is 0 Å². The van der Waals surface area contributed by atoms with E-state index in [0.29, 0.717) is 17.0 Å². The predicted octanol–water partition coefficient (Wildman–Crippen LogP) is 3.88. The molecule has 1 aliphatic rings. The fraction of sp³-hybridized carbons (Fsp3) is 0.286. The van der Waals surface area contributed by atoms with Gasteiger partial charge in [-0.2, -0.15) is 18.3 Å². The summed E-state index contributed by atoms with van der Waals surface area (Å²) in [7, 11) is 1.52. The lowest BCUT2D eigenvalue weighted by atomic mass is 9.96. The number of rotatable bonds is 5. The summed E-state index contributed by atoms with van der Waals surface area (Å²) in [6.07, 6.45) is -2.02. The lowest BCUT2D eigenvalue weighted by Gasteiger charge is -2.34. The Labute approximate surface area is 176 Å². The highest BCUT2D eigenvalue weighted by Gasteiger charge is 2.47. The predicted molar refractivity (Wildman–Crippen MR) is 107 cm³/mol. The largest absolute Gasteiger partial charge is 0.497 e. The van der Waals surface area contributed by atoms with Crippen molar-refractivity contribution in [2.45, 2.75) is 31.2 Å². The molecule has 1 aromatic carbocycles. The lowest BCUT2D eigenvalue weighted by molar-refractivity contribution is -0.173. The van der Waals surface area contributed by atoms with Crippen LogP contribution in [0.1, 0.15) is 40.1 Å². The maximum absolute atomic E-state index is 13.8. The number of carbonyl (C=O) groups excluding carboxylic acids is 1. The second-order valence-corrected chi connectivity index (χ2v) is 7.12. The van der Waals surface area contributed by atoms with Crippen LogP contribution in [0.15, 0.2) is 54.9 Å². The third-order valence-corrected chi connectivity index (χ3v) is 5.16. The average molecular weight is 431 g/mol. The van der Waals surface area contributed by atoms with Crippen molar-refractivity contribution in [3.05, 3.63) is 71.7 Å². The number of fused-ring (bicyclic) bond motifs is 1. The van der Waals surface area contributed by atoms with Crippen molar-refractivity contribution in [2.24, 2.45) is 0 Å². The average Bonchev–Trinajstić information content (AvgIpc) is 3.21. The molecule has 0 bridgehead atoms. The van der Waals surface area contributed by atoms with E-state index in [9.17, 15) is 18.0 Å². The molecule has 0 saturated carbocycles. The number of amides is 1. The van der Waals surface area contributed by atoms with Gasteiger partial charge in [-0.25, -0.2) is 4.68 Å². The van der Waals surface area contributed by atoms with Crippen molar-refractivity contribution in [3.8, 4) is 5.75 Å². The smallest absolute Gasteiger partial charge is 0.410 e. The number of hydrogen-bond donors (Lipinski definition) is 2. The van der Waals surface area contributed by atoms with Gasteiger partial charge in [0, 0.05) is 12.6 Å². The van der Waals surface area contributed by atoms with Gasteiger partial charge in [0.15, 0.2) is 6.04 Å². The number of aromatic nitrogens is 3. The second-order valence-electron chi connectivity index (χ2n) is 7.12. The van der Waals surface area contributed by atoms with Gasteiger partial charge in [0.05, 0.1) is 31.6 Å². The molecule has 3 heterocycles. The third kappa shape index (κ3) is 4.32. The van der Waals surface area contributed by atoms with Crippen LogP contribution in [-0.2, 0) is 6.54 Å². The Morgan fingerprint density at radius 1 is 1.26 bits per heavy atom. The summed E-state index contributed by atoms with van der Waals surface area (Å²) in [5.74, 6) is 0.107. The molecule has 0 unspecified atom stereocenters. The number of anilines is 1. The number of pyridine rings is 1. The third-order valence-electron chi connectivity index (χ3n) is 5.16. The summed E-state index contributed by atoms with van der Waals surface area (Å²) in [4.78, 5) is 16.8. The van der Waals surface area contributed by atoms with Gasteiger partial charge in [-0.05, 0) is 29.8 Å². The van der Waals surface area contributed by atoms with E-state index in [1.54, 1.807) is 48.7 Å². The molecule has 7 nitrogen and oxygen atoms in total. The summed E-state index contributed by atoms with van der Waals surface area (Å²) in [5.41, 5.74) is 1.33. The van der Waals surface area contributed by atoms with Gasteiger partial charge < -0.3 is 15.4 Å². The van der Waals surface area contributed by atoms with Crippen LogP contribution in [0.4, 0.5) is 19.0 Å². The van der Waals surface area contributed by atoms with Crippen LogP contribution in [0.5, 0.6) is 5.75 Å². The van der Waals surface area contributed by atoms with Gasteiger partial charge in [-0.3, -0.25) is 9.78 Å². The first-order chi connectivity index (χ1) is 14.9. The molecule has 4 rings (SSSR count). The Bertz CT molecular complexity index is 1050. The highest BCUT2D eigenvalue weighted by molar-refractivity contribution is 5.98. The quantitative estimate of drug-likeness (QED) is 0.641. The van der Waals surface area contributed by atoms with Crippen molar-refractivity contribution in [1.82, 2.24) is 20.1 Å². The summed E-state index contributed by atoms with van der Waals surface area (Å²) in [6.45, 7) is 0.148. The van der Waals surface area contributed by atoms with Crippen molar-refractivity contribution < 1.29 is 22.7 Å². The maximum Gasteiger partial charge on any atom is 0.410 e. The number of ether oxygens (including phenoxy) is 1. The Morgan fingerprint density at radius 3 is 2.68 bits per heavy atom. The number of halogens is 3. The van der Waals surface area contributed by atoms with Crippen molar-refractivity contribution >= 4 is 11.7 Å². The monoisotopic (exact) mass is 431 g/mol. The number of benzene rings is 1. The van der Waals surface area contributed by atoms with Crippen LogP contribution in [-0.4, -0.2) is 34.0 Å². The molecule has 1 amide bonds. The first kappa shape index (κ1) is 20.7. The van der Waals surface area contributed by atoms with E-state index in [0.717, 1.165) is 10.9 Å². The van der Waals surface area contributed by atoms with E-state index in [1.807, 2.05) is 0 Å². The number of carbonyl (C=O) groups is 1. The van der Waals surface area contributed by atoms with Gasteiger partial charge in [-0.15, -0.1) is 0 Å². The Balaban J connectivity index is 1.61. The second kappa shape index (κ2) is 8.29. The molecule has 162 valence electrons. The molecule has 0 fully saturated rings. The fourth-order valence-corrected chi connectivity index (χ4v) is 3.55. The van der Waals surface area contributed by atoms with Gasteiger partial charge >= 0.3 is 6.18 Å². The van der Waals surface area contributed by atoms with E-state index in [1.165, 1.54) is 7.11 Å². The van der Waals surface area contributed by atoms with Crippen LogP contribution in [0, 0.1) is 0 Å². The van der Waals surface area contributed by atoms with Gasteiger partial charge in [-0.1, -0.05) is 18.2 Å². The van der Waals surface area contributed by atoms with E-state index in [-0.39, 0.29) is 24.3 Å². The zero-order chi connectivity index (χ0) is 22.0. The van der Waals surface area contributed by atoms with E-state index >= 15 is 0 Å². The summed E-state index contributed by atoms with van der Waals surface area (Å²) in [5, 5.41) is 9.62. The first-order valence-corrected chi connectivity index (χ1v) is 9.59. The molecular weight excluding hydrogens is 411 g/mol. The molecule has 31 heavy (non-hydrogen) atoms. The standard InChI is InChI=1S/C21H20F3N5O2/c1-31-15-7-5-13(6-8-15)17-10-18(21(22,23)24)29-19(28-17)16(12-27-29)20(30)26-11-14-4-2-3-9-25-14/h2-9,12,17-18,28H,10-11H2,1H3,(H,26,30)/t17-,18-/m1/s1. The summed E-state index contributed by atoms with van der Waals surface area (Å²) in [6, 6.07) is 9.56. The maximum atomic E-state index is 13.8. The van der Waals surface area contributed by atoms with Crippen LogP contribution < -0.4 is 15.4 Å². The van der Waals surface area contributed by atoms with E-state index < -0.39 is 24.2 Å². The summed E-state index contributed by atoms with van der Waals surface area (Å²) < 4.78 is 47.3. The lowest BCUT2D eigenvalue weighted by Crippen LogP contribution is -2.36. The van der Waals surface area contributed by atoms with Gasteiger partial charge in [0.1, 0.15) is 17.1 Å². The first-order valence-electron chi connectivity index (χ1n) is 9.59. The normalized spacial score (nSPS) is 18.1. The van der Waals surface area contributed by atoms with Crippen LogP contribution in [0.3, 0.4) is 0 Å². The highest BCUT2D eigenvalue weighted by Crippen LogP contribution is 2.44. The Kier molecular flexibility index (Phi) is 5.53. The molecule has 0 spiro atoms. The van der Waals surface area contributed by atoms with Crippen molar-refractivity contribution in [2.75, 3.05) is 12.4 Å². The molecule has 10 heteroatoms. The van der Waals surface area contributed by atoms with Crippen molar-refractivity contribution in [1.29, 1.82) is 0 Å². The van der Waals surface area contributed by atoms with Gasteiger partial charge in [0.25, 0.3) is 5.91 Å². The molecule has 0 aliphatic carbocycles. The Morgan fingerprint density at radius 2 is 2.03 bits per heavy atom. The minimum atomic E-state index is -4.52. The van der Waals surface area contributed by atoms with E-state index in [4.69, 9.17) is 4.74 Å². The molecular formula is C21H20F3N5O2. The van der Waals surface area contributed by atoms with Crippen molar-refractivity contribution in [3.63, 3.8) is 0 Å². The number of alkyl halides is 3.